The standard InChI is InChI=1S/C14H11F3N2O/c1-7-11(17)5-8(6-12(7)18)14(20)19-13-9(15)3-2-4-10(13)16/h2-6H,18H2,1H3,(H,19,20). The molecule has 0 aliphatic rings. The molecule has 0 spiro atoms. The van der Waals surface area contributed by atoms with Crippen molar-refractivity contribution >= 4 is 17.3 Å². The lowest BCUT2D eigenvalue weighted by Gasteiger charge is -2.09. The molecule has 0 saturated heterocycles. The van der Waals surface area contributed by atoms with Crippen LogP contribution in [0.5, 0.6) is 0 Å². The first kappa shape index (κ1) is 13.9. The quantitative estimate of drug-likeness (QED) is 0.830. The first-order valence-electron chi connectivity index (χ1n) is 5.71. The maximum atomic E-state index is 13.5. The number of para-hydroxylation sites is 1. The Morgan fingerprint density at radius 1 is 1.10 bits per heavy atom. The van der Waals surface area contributed by atoms with Crippen molar-refractivity contribution in [1.82, 2.24) is 0 Å². The number of anilines is 2. The van der Waals surface area contributed by atoms with E-state index < -0.39 is 29.0 Å². The number of rotatable bonds is 2. The van der Waals surface area contributed by atoms with Gasteiger partial charge in [-0.15, -0.1) is 0 Å². The third-order valence-corrected chi connectivity index (χ3v) is 2.85. The maximum Gasteiger partial charge on any atom is 0.255 e. The summed E-state index contributed by atoms with van der Waals surface area (Å²) in [4.78, 5) is 11.9. The topological polar surface area (TPSA) is 55.1 Å². The smallest absolute Gasteiger partial charge is 0.255 e. The number of hydrogen-bond donors (Lipinski definition) is 2. The fourth-order valence-corrected chi connectivity index (χ4v) is 1.63. The van der Waals surface area contributed by atoms with Crippen LogP contribution in [-0.4, -0.2) is 5.91 Å². The normalized spacial score (nSPS) is 10.4. The minimum atomic E-state index is -0.918. The van der Waals surface area contributed by atoms with Gasteiger partial charge in [-0.2, -0.15) is 0 Å². The van der Waals surface area contributed by atoms with Gasteiger partial charge in [0.25, 0.3) is 5.91 Å². The van der Waals surface area contributed by atoms with Gasteiger partial charge >= 0.3 is 0 Å². The summed E-state index contributed by atoms with van der Waals surface area (Å²) in [6.07, 6.45) is 0. The minimum Gasteiger partial charge on any atom is -0.398 e. The van der Waals surface area contributed by atoms with E-state index in [9.17, 15) is 18.0 Å². The van der Waals surface area contributed by atoms with Gasteiger partial charge in [0.1, 0.15) is 23.1 Å². The minimum absolute atomic E-state index is 0.0872. The first-order valence-corrected chi connectivity index (χ1v) is 5.71. The Balaban J connectivity index is 2.34. The van der Waals surface area contributed by atoms with Crippen molar-refractivity contribution in [2.24, 2.45) is 0 Å². The lowest BCUT2D eigenvalue weighted by Crippen LogP contribution is -2.15. The molecule has 1 amide bonds. The second-order valence-corrected chi connectivity index (χ2v) is 4.22. The molecule has 20 heavy (non-hydrogen) atoms. The highest BCUT2D eigenvalue weighted by Crippen LogP contribution is 2.21. The third-order valence-electron chi connectivity index (χ3n) is 2.85. The zero-order valence-electron chi connectivity index (χ0n) is 10.5. The van der Waals surface area contributed by atoms with Crippen molar-refractivity contribution in [2.45, 2.75) is 6.92 Å². The van der Waals surface area contributed by atoms with E-state index in [0.717, 1.165) is 18.2 Å². The van der Waals surface area contributed by atoms with E-state index in [-0.39, 0.29) is 16.8 Å². The van der Waals surface area contributed by atoms with E-state index >= 15 is 0 Å². The lowest BCUT2D eigenvalue weighted by molar-refractivity contribution is 0.102. The second-order valence-electron chi connectivity index (χ2n) is 4.22. The summed E-state index contributed by atoms with van der Waals surface area (Å²) in [5.41, 5.74) is 5.14. The van der Waals surface area contributed by atoms with Gasteiger partial charge in [-0.1, -0.05) is 6.07 Å². The molecule has 0 heterocycles. The van der Waals surface area contributed by atoms with Crippen molar-refractivity contribution in [2.75, 3.05) is 11.1 Å². The van der Waals surface area contributed by atoms with Gasteiger partial charge in [0.15, 0.2) is 0 Å². The Morgan fingerprint density at radius 2 is 1.70 bits per heavy atom. The summed E-state index contributed by atoms with van der Waals surface area (Å²) >= 11 is 0. The molecular formula is C14H11F3N2O. The van der Waals surface area contributed by atoms with E-state index in [1.54, 1.807) is 0 Å². The monoisotopic (exact) mass is 280 g/mol. The Hall–Kier alpha value is -2.50. The van der Waals surface area contributed by atoms with Crippen molar-refractivity contribution in [3.63, 3.8) is 0 Å². The number of halogens is 3. The van der Waals surface area contributed by atoms with Crippen molar-refractivity contribution < 1.29 is 18.0 Å². The van der Waals surface area contributed by atoms with Crippen LogP contribution >= 0.6 is 0 Å². The zero-order chi connectivity index (χ0) is 14.9. The first-order chi connectivity index (χ1) is 9.40. The van der Waals surface area contributed by atoms with Crippen molar-refractivity contribution in [3.05, 3.63) is 58.9 Å². The van der Waals surface area contributed by atoms with Crippen LogP contribution in [0.25, 0.3) is 0 Å². The molecule has 0 atom stereocenters. The van der Waals surface area contributed by atoms with Crippen LogP contribution in [0, 0.1) is 24.4 Å². The lowest BCUT2D eigenvalue weighted by atomic mass is 10.1. The third kappa shape index (κ3) is 2.59. The average Bonchev–Trinajstić information content (AvgIpc) is 2.39. The van der Waals surface area contributed by atoms with E-state index in [2.05, 4.69) is 5.32 Å². The number of hydrogen-bond acceptors (Lipinski definition) is 2. The fraction of sp³-hybridized carbons (Fsp3) is 0.0714. The Labute approximate surface area is 113 Å². The van der Waals surface area contributed by atoms with Gasteiger partial charge in [0, 0.05) is 16.8 Å². The van der Waals surface area contributed by atoms with E-state index in [4.69, 9.17) is 5.73 Å². The molecule has 2 aromatic rings. The van der Waals surface area contributed by atoms with Crippen LogP contribution in [0.3, 0.4) is 0 Å². The highest BCUT2D eigenvalue weighted by molar-refractivity contribution is 6.05. The molecule has 0 aliphatic carbocycles. The van der Waals surface area contributed by atoms with Crippen LogP contribution in [0.15, 0.2) is 30.3 Å². The van der Waals surface area contributed by atoms with E-state index in [1.807, 2.05) is 0 Å². The summed E-state index contributed by atoms with van der Waals surface area (Å²) in [5.74, 6) is -3.35. The van der Waals surface area contributed by atoms with Crippen LogP contribution in [-0.2, 0) is 0 Å². The molecule has 0 saturated carbocycles. The maximum absolute atomic E-state index is 13.5. The molecule has 0 aromatic heterocycles. The molecular weight excluding hydrogens is 269 g/mol. The zero-order valence-corrected chi connectivity index (χ0v) is 10.5. The summed E-state index contributed by atoms with van der Waals surface area (Å²) in [6.45, 7) is 1.46. The molecule has 6 heteroatoms. The number of amides is 1. The summed E-state index contributed by atoms with van der Waals surface area (Å²) in [5, 5.41) is 2.06. The molecule has 104 valence electrons. The fourth-order valence-electron chi connectivity index (χ4n) is 1.63. The number of nitrogens with one attached hydrogen (secondary N) is 1. The van der Waals surface area contributed by atoms with Gasteiger partial charge in [-0.05, 0) is 31.2 Å². The molecule has 0 fully saturated rings. The SMILES string of the molecule is Cc1c(N)cc(C(=O)Nc2c(F)cccc2F)cc1F. The largest absolute Gasteiger partial charge is 0.398 e. The highest BCUT2D eigenvalue weighted by Gasteiger charge is 2.15. The van der Waals surface area contributed by atoms with Gasteiger partial charge in [-0.25, -0.2) is 13.2 Å². The highest BCUT2D eigenvalue weighted by atomic mass is 19.1. The average molecular weight is 280 g/mol. The predicted octanol–water partition coefficient (Wildman–Crippen LogP) is 3.25. The van der Waals surface area contributed by atoms with Gasteiger partial charge < -0.3 is 11.1 Å². The molecule has 2 rings (SSSR count). The van der Waals surface area contributed by atoms with E-state index in [1.165, 1.54) is 19.1 Å². The molecule has 0 aliphatic heterocycles. The Kier molecular flexibility index (Phi) is 3.65. The molecule has 3 nitrogen and oxygen atoms in total. The number of carbonyl (C=O) groups excluding carboxylic acids is 1. The second kappa shape index (κ2) is 5.24. The van der Waals surface area contributed by atoms with Crippen LogP contribution in [0.4, 0.5) is 24.5 Å². The van der Waals surface area contributed by atoms with Crippen molar-refractivity contribution in [3.8, 4) is 0 Å². The summed E-state index contributed by atoms with van der Waals surface area (Å²) < 4.78 is 40.3. The van der Waals surface area contributed by atoms with Crippen LogP contribution in [0.2, 0.25) is 0 Å². The van der Waals surface area contributed by atoms with Gasteiger partial charge in [-0.3, -0.25) is 4.79 Å². The van der Waals surface area contributed by atoms with Gasteiger partial charge in [0.05, 0.1) is 0 Å². The summed E-state index contributed by atoms with van der Waals surface area (Å²) in [6, 6.07) is 5.38. The van der Waals surface area contributed by atoms with Crippen molar-refractivity contribution in [1.29, 1.82) is 0 Å². The van der Waals surface area contributed by atoms with Gasteiger partial charge in [0.2, 0.25) is 0 Å². The number of benzene rings is 2. The molecule has 0 unspecified atom stereocenters. The molecule has 2 aromatic carbocycles. The number of nitrogen functional groups attached to an aromatic ring is 1. The molecule has 3 N–H and O–H groups in total. The Bertz CT molecular complexity index is 643. The number of carbonyl (C=O) groups is 1. The predicted molar refractivity (Wildman–Crippen MR) is 69.9 cm³/mol. The van der Waals surface area contributed by atoms with Crippen LogP contribution < -0.4 is 11.1 Å². The Morgan fingerprint density at radius 3 is 2.25 bits per heavy atom. The molecule has 0 radical (unpaired) electrons. The molecule has 0 bridgehead atoms. The number of nitrogens with two attached hydrogens (primary N) is 1. The summed E-state index contributed by atoms with van der Waals surface area (Å²) in [7, 11) is 0. The van der Waals surface area contributed by atoms with Crippen LogP contribution in [0.1, 0.15) is 15.9 Å². The van der Waals surface area contributed by atoms with E-state index in [0.29, 0.717) is 0 Å².